The highest BCUT2D eigenvalue weighted by Crippen LogP contribution is 2.26. The molecule has 0 spiro atoms. The largest absolute Gasteiger partial charge is 0.345 e. The van der Waals surface area contributed by atoms with Crippen LogP contribution in [0.3, 0.4) is 0 Å². The number of benzene rings is 2. The Morgan fingerprint density at radius 2 is 1.85 bits per heavy atom. The predicted molar refractivity (Wildman–Crippen MR) is 86.5 cm³/mol. The molecule has 0 saturated heterocycles. The molecule has 104 valence electrons. The van der Waals surface area contributed by atoms with Gasteiger partial charge < -0.3 is 5.32 Å². The SMILES string of the molecule is CC(NC(=O)c1ccccc1Br)c1ccc(Cl)c(Cl)c1. The predicted octanol–water partition coefficient (Wildman–Crippen LogP) is 5.25. The zero-order chi connectivity index (χ0) is 14.7. The normalized spacial score (nSPS) is 12.0. The smallest absolute Gasteiger partial charge is 0.252 e. The first-order valence-electron chi connectivity index (χ1n) is 5.99. The van der Waals surface area contributed by atoms with Crippen LogP contribution in [-0.4, -0.2) is 5.91 Å². The van der Waals surface area contributed by atoms with Gasteiger partial charge in [-0.05, 0) is 52.7 Å². The Kier molecular flexibility index (Phi) is 5.08. The lowest BCUT2D eigenvalue weighted by Gasteiger charge is -2.15. The summed E-state index contributed by atoms with van der Waals surface area (Å²) in [5.41, 5.74) is 1.50. The van der Waals surface area contributed by atoms with Crippen molar-refractivity contribution in [3.63, 3.8) is 0 Å². The van der Waals surface area contributed by atoms with Gasteiger partial charge in [-0.2, -0.15) is 0 Å². The molecule has 0 aliphatic carbocycles. The molecule has 0 saturated carbocycles. The molecule has 1 N–H and O–H groups in total. The average molecular weight is 373 g/mol. The van der Waals surface area contributed by atoms with Gasteiger partial charge in [0.2, 0.25) is 0 Å². The Hall–Kier alpha value is -1.03. The fraction of sp³-hybridized carbons (Fsp3) is 0.133. The number of halogens is 3. The van der Waals surface area contributed by atoms with Crippen LogP contribution in [0.2, 0.25) is 10.0 Å². The van der Waals surface area contributed by atoms with Gasteiger partial charge in [-0.15, -0.1) is 0 Å². The minimum Gasteiger partial charge on any atom is -0.345 e. The maximum atomic E-state index is 12.2. The molecular weight excluding hydrogens is 361 g/mol. The van der Waals surface area contributed by atoms with E-state index in [2.05, 4.69) is 21.2 Å². The van der Waals surface area contributed by atoms with Crippen molar-refractivity contribution in [2.75, 3.05) is 0 Å². The molecule has 0 fully saturated rings. The van der Waals surface area contributed by atoms with Crippen molar-refractivity contribution >= 4 is 45.0 Å². The number of hydrogen-bond acceptors (Lipinski definition) is 1. The summed E-state index contributed by atoms with van der Waals surface area (Å²) in [4.78, 5) is 12.2. The number of nitrogens with one attached hydrogen (secondary N) is 1. The molecule has 5 heteroatoms. The third-order valence-corrected chi connectivity index (χ3v) is 4.34. The molecule has 1 atom stereocenters. The lowest BCUT2D eigenvalue weighted by molar-refractivity contribution is 0.0939. The van der Waals surface area contributed by atoms with Crippen LogP contribution in [-0.2, 0) is 0 Å². The summed E-state index contributed by atoms with van der Waals surface area (Å²) in [5.74, 6) is -0.143. The van der Waals surface area contributed by atoms with Crippen molar-refractivity contribution in [3.05, 3.63) is 68.1 Å². The summed E-state index contributed by atoms with van der Waals surface area (Å²) < 4.78 is 0.763. The van der Waals surface area contributed by atoms with E-state index in [9.17, 15) is 4.79 Å². The summed E-state index contributed by atoms with van der Waals surface area (Å²) in [5, 5.41) is 3.91. The fourth-order valence-corrected chi connectivity index (χ4v) is 2.56. The van der Waals surface area contributed by atoms with E-state index >= 15 is 0 Å². The number of carbonyl (C=O) groups is 1. The molecule has 2 rings (SSSR count). The van der Waals surface area contributed by atoms with E-state index in [1.165, 1.54) is 0 Å². The van der Waals surface area contributed by atoms with Crippen molar-refractivity contribution in [1.82, 2.24) is 5.32 Å². The molecule has 2 aromatic carbocycles. The number of rotatable bonds is 3. The van der Waals surface area contributed by atoms with E-state index in [1.54, 1.807) is 18.2 Å². The maximum absolute atomic E-state index is 12.2. The first-order valence-corrected chi connectivity index (χ1v) is 7.54. The molecule has 0 heterocycles. The Bertz CT molecular complexity index is 646. The summed E-state index contributed by atoms with van der Waals surface area (Å²) in [6, 6.07) is 12.4. The van der Waals surface area contributed by atoms with Gasteiger partial charge in [0.15, 0.2) is 0 Å². The maximum Gasteiger partial charge on any atom is 0.252 e. The standard InChI is InChI=1S/C15H12BrCl2NO/c1-9(10-6-7-13(17)14(18)8-10)19-15(20)11-4-2-3-5-12(11)16/h2-9H,1H3,(H,19,20). The minimum atomic E-state index is -0.163. The van der Waals surface area contributed by atoms with Crippen LogP contribution in [0.15, 0.2) is 46.9 Å². The summed E-state index contributed by atoms with van der Waals surface area (Å²) in [7, 11) is 0. The van der Waals surface area contributed by atoms with Gasteiger partial charge in [-0.25, -0.2) is 0 Å². The van der Waals surface area contributed by atoms with E-state index in [4.69, 9.17) is 23.2 Å². The van der Waals surface area contributed by atoms with Gasteiger partial charge in [0.25, 0.3) is 5.91 Å². The number of carbonyl (C=O) groups excluding carboxylic acids is 1. The summed E-state index contributed by atoms with van der Waals surface area (Å²) >= 11 is 15.2. The zero-order valence-electron chi connectivity index (χ0n) is 10.7. The Balaban J connectivity index is 2.15. The van der Waals surface area contributed by atoms with E-state index in [1.807, 2.05) is 31.2 Å². The molecule has 0 bridgehead atoms. The molecule has 0 radical (unpaired) electrons. The average Bonchev–Trinajstić information content (AvgIpc) is 2.42. The second kappa shape index (κ2) is 6.61. The third-order valence-electron chi connectivity index (χ3n) is 2.91. The first-order chi connectivity index (χ1) is 9.49. The highest BCUT2D eigenvalue weighted by atomic mass is 79.9. The summed E-state index contributed by atoms with van der Waals surface area (Å²) in [6.45, 7) is 1.90. The van der Waals surface area contributed by atoms with Crippen molar-refractivity contribution in [2.45, 2.75) is 13.0 Å². The van der Waals surface area contributed by atoms with Crippen LogP contribution in [0.4, 0.5) is 0 Å². The lowest BCUT2D eigenvalue weighted by Crippen LogP contribution is -2.26. The van der Waals surface area contributed by atoms with E-state index in [0.29, 0.717) is 15.6 Å². The monoisotopic (exact) mass is 371 g/mol. The topological polar surface area (TPSA) is 29.1 Å². The van der Waals surface area contributed by atoms with Crippen molar-refractivity contribution in [2.24, 2.45) is 0 Å². The van der Waals surface area contributed by atoms with Crippen LogP contribution in [0.1, 0.15) is 28.9 Å². The van der Waals surface area contributed by atoms with E-state index < -0.39 is 0 Å². The Morgan fingerprint density at radius 3 is 2.50 bits per heavy atom. The molecule has 0 aliphatic heterocycles. The molecule has 0 aliphatic rings. The Morgan fingerprint density at radius 1 is 1.15 bits per heavy atom. The van der Waals surface area contributed by atoms with Gasteiger partial charge in [0.05, 0.1) is 21.7 Å². The van der Waals surface area contributed by atoms with Crippen LogP contribution in [0, 0.1) is 0 Å². The van der Waals surface area contributed by atoms with Gasteiger partial charge in [-0.1, -0.05) is 41.4 Å². The molecule has 2 aromatic rings. The van der Waals surface area contributed by atoms with Crippen LogP contribution in [0.5, 0.6) is 0 Å². The van der Waals surface area contributed by atoms with Crippen LogP contribution in [0.25, 0.3) is 0 Å². The third kappa shape index (κ3) is 3.54. The summed E-state index contributed by atoms with van der Waals surface area (Å²) in [6.07, 6.45) is 0. The van der Waals surface area contributed by atoms with Crippen molar-refractivity contribution in [1.29, 1.82) is 0 Å². The van der Waals surface area contributed by atoms with E-state index in [-0.39, 0.29) is 11.9 Å². The lowest BCUT2D eigenvalue weighted by atomic mass is 10.1. The van der Waals surface area contributed by atoms with Gasteiger partial charge in [0, 0.05) is 4.47 Å². The Labute approximate surface area is 136 Å². The van der Waals surface area contributed by atoms with E-state index in [0.717, 1.165) is 10.0 Å². The molecule has 20 heavy (non-hydrogen) atoms. The molecule has 1 amide bonds. The van der Waals surface area contributed by atoms with Gasteiger partial charge >= 0.3 is 0 Å². The van der Waals surface area contributed by atoms with Crippen molar-refractivity contribution < 1.29 is 4.79 Å². The second-order valence-corrected chi connectivity index (χ2v) is 6.02. The second-order valence-electron chi connectivity index (χ2n) is 4.35. The molecule has 0 aromatic heterocycles. The molecule has 1 unspecified atom stereocenters. The van der Waals surface area contributed by atoms with Crippen LogP contribution >= 0.6 is 39.1 Å². The molecular formula is C15H12BrCl2NO. The minimum absolute atomic E-state index is 0.143. The van der Waals surface area contributed by atoms with Gasteiger partial charge in [0.1, 0.15) is 0 Å². The van der Waals surface area contributed by atoms with Gasteiger partial charge in [-0.3, -0.25) is 4.79 Å². The van der Waals surface area contributed by atoms with Crippen molar-refractivity contribution in [3.8, 4) is 0 Å². The highest BCUT2D eigenvalue weighted by Gasteiger charge is 2.14. The number of hydrogen-bond donors (Lipinski definition) is 1. The first kappa shape index (κ1) is 15.4. The van der Waals surface area contributed by atoms with Crippen LogP contribution < -0.4 is 5.32 Å². The zero-order valence-corrected chi connectivity index (χ0v) is 13.8. The highest BCUT2D eigenvalue weighted by molar-refractivity contribution is 9.10. The fourth-order valence-electron chi connectivity index (χ4n) is 1.78. The molecule has 2 nitrogen and oxygen atoms in total. The quantitative estimate of drug-likeness (QED) is 0.783. The number of amides is 1.